The second kappa shape index (κ2) is 9.02. The second-order valence-corrected chi connectivity index (χ2v) is 8.08. The number of pyridine rings is 1. The molecule has 3 aromatic heterocycles. The van der Waals surface area contributed by atoms with Crippen molar-refractivity contribution in [2.75, 3.05) is 6.61 Å². The Bertz CT molecular complexity index is 1440. The van der Waals surface area contributed by atoms with Crippen molar-refractivity contribution in [3.05, 3.63) is 83.4 Å². The van der Waals surface area contributed by atoms with Gasteiger partial charge < -0.3 is 13.9 Å². The van der Waals surface area contributed by atoms with Crippen molar-refractivity contribution >= 4 is 11.0 Å². The summed E-state index contributed by atoms with van der Waals surface area (Å²) in [4.78, 5) is 9.42. The van der Waals surface area contributed by atoms with Crippen molar-refractivity contribution in [1.82, 2.24) is 19.7 Å². The molecule has 0 bridgehead atoms. The summed E-state index contributed by atoms with van der Waals surface area (Å²) >= 11 is 0. The third-order valence-corrected chi connectivity index (χ3v) is 5.65. The van der Waals surface area contributed by atoms with E-state index in [-0.39, 0.29) is 6.61 Å². The van der Waals surface area contributed by atoms with Crippen LogP contribution in [0.1, 0.15) is 29.6 Å². The summed E-state index contributed by atoms with van der Waals surface area (Å²) in [6.07, 6.45) is 0. The maximum atomic E-state index is 6.07. The molecule has 2 aromatic carbocycles. The maximum absolute atomic E-state index is 6.07. The molecule has 0 amide bonds. The Morgan fingerprint density at radius 1 is 0.912 bits per heavy atom. The monoisotopic (exact) mass is 454 g/mol. The molecule has 7 nitrogen and oxygen atoms in total. The van der Waals surface area contributed by atoms with Gasteiger partial charge in [-0.05, 0) is 69.7 Å². The Morgan fingerprint density at radius 3 is 2.41 bits per heavy atom. The molecule has 0 saturated carbocycles. The summed E-state index contributed by atoms with van der Waals surface area (Å²) in [5, 5.41) is 5.75. The highest BCUT2D eigenvalue weighted by molar-refractivity contribution is 5.83. The predicted molar refractivity (Wildman–Crippen MR) is 131 cm³/mol. The first-order chi connectivity index (χ1) is 16.5. The van der Waals surface area contributed by atoms with E-state index in [1.54, 1.807) is 0 Å². The van der Waals surface area contributed by atoms with Gasteiger partial charge in [0.1, 0.15) is 23.8 Å². The van der Waals surface area contributed by atoms with E-state index in [0.29, 0.717) is 24.1 Å². The van der Waals surface area contributed by atoms with Gasteiger partial charge in [0.15, 0.2) is 5.65 Å². The zero-order valence-corrected chi connectivity index (χ0v) is 19.7. The molecule has 0 unspecified atom stereocenters. The van der Waals surface area contributed by atoms with E-state index in [0.717, 1.165) is 45.0 Å². The van der Waals surface area contributed by atoms with Gasteiger partial charge in [-0.25, -0.2) is 9.67 Å². The average molecular weight is 455 g/mol. The molecule has 0 spiro atoms. The van der Waals surface area contributed by atoms with Crippen molar-refractivity contribution in [2.24, 2.45) is 0 Å². The SMILES string of the molecule is CCOc1ccc(-c2nc(COc3cc(C)c4c(C)nn(-c5ccccc5)c4n3)c(C)o2)cc1. The van der Waals surface area contributed by atoms with Crippen LogP contribution in [0.3, 0.4) is 0 Å². The highest BCUT2D eigenvalue weighted by Gasteiger charge is 2.16. The number of hydrogen-bond acceptors (Lipinski definition) is 6. The van der Waals surface area contributed by atoms with Crippen LogP contribution in [0.2, 0.25) is 0 Å². The molecule has 5 aromatic rings. The van der Waals surface area contributed by atoms with Gasteiger partial charge in [0.05, 0.1) is 18.0 Å². The molecule has 7 heteroatoms. The van der Waals surface area contributed by atoms with Gasteiger partial charge >= 0.3 is 0 Å². The third kappa shape index (κ3) is 4.12. The van der Waals surface area contributed by atoms with Gasteiger partial charge in [0, 0.05) is 17.0 Å². The second-order valence-electron chi connectivity index (χ2n) is 8.08. The van der Waals surface area contributed by atoms with Crippen molar-refractivity contribution in [3.8, 4) is 28.8 Å². The largest absolute Gasteiger partial charge is 0.494 e. The molecule has 0 aliphatic carbocycles. The third-order valence-electron chi connectivity index (χ3n) is 5.65. The minimum atomic E-state index is 0.253. The molecular weight excluding hydrogens is 428 g/mol. The van der Waals surface area contributed by atoms with Gasteiger partial charge in [0.2, 0.25) is 11.8 Å². The minimum absolute atomic E-state index is 0.253. The Balaban J connectivity index is 1.40. The van der Waals surface area contributed by atoms with Gasteiger partial charge in [-0.1, -0.05) is 18.2 Å². The first kappa shape index (κ1) is 21.7. The molecule has 5 rings (SSSR count). The molecule has 0 fully saturated rings. The molecular formula is C27H26N4O3. The summed E-state index contributed by atoms with van der Waals surface area (Å²) in [6, 6.07) is 19.6. The molecule has 0 N–H and O–H groups in total. The van der Waals surface area contributed by atoms with Crippen molar-refractivity contribution in [3.63, 3.8) is 0 Å². The lowest BCUT2D eigenvalue weighted by molar-refractivity contribution is 0.288. The summed E-state index contributed by atoms with van der Waals surface area (Å²) in [5.41, 5.74) is 5.34. The minimum Gasteiger partial charge on any atom is -0.494 e. The number of nitrogens with zero attached hydrogens (tertiary/aromatic N) is 4. The van der Waals surface area contributed by atoms with Crippen LogP contribution in [0.25, 0.3) is 28.2 Å². The highest BCUT2D eigenvalue weighted by atomic mass is 16.5. The first-order valence-electron chi connectivity index (χ1n) is 11.3. The summed E-state index contributed by atoms with van der Waals surface area (Å²) in [5.74, 6) is 2.61. The van der Waals surface area contributed by atoms with E-state index < -0.39 is 0 Å². The number of fused-ring (bicyclic) bond motifs is 1. The standard InChI is InChI=1S/C27H26N4O3/c1-5-32-22-13-11-20(12-14-22)27-28-23(19(4)34-27)16-33-24-15-17(2)25-18(3)30-31(26(25)29-24)21-9-7-6-8-10-21/h6-15H,5,16H2,1-4H3. The number of rotatable bonds is 7. The molecule has 0 radical (unpaired) electrons. The van der Waals surface area contributed by atoms with E-state index in [4.69, 9.17) is 24.0 Å². The van der Waals surface area contributed by atoms with E-state index in [1.165, 1.54) is 0 Å². The lowest BCUT2D eigenvalue weighted by Gasteiger charge is -2.07. The van der Waals surface area contributed by atoms with Gasteiger partial charge in [-0.15, -0.1) is 0 Å². The molecule has 3 heterocycles. The summed E-state index contributed by atoms with van der Waals surface area (Å²) < 4.78 is 19.3. The zero-order chi connectivity index (χ0) is 23.7. The first-order valence-corrected chi connectivity index (χ1v) is 11.3. The van der Waals surface area contributed by atoms with Crippen LogP contribution in [-0.2, 0) is 6.61 Å². The van der Waals surface area contributed by atoms with E-state index in [2.05, 4.69) is 4.98 Å². The van der Waals surface area contributed by atoms with E-state index in [9.17, 15) is 0 Å². The Hall–Kier alpha value is -4.13. The summed E-state index contributed by atoms with van der Waals surface area (Å²) in [7, 11) is 0. The molecule has 0 saturated heterocycles. The molecule has 0 atom stereocenters. The van der Waals surface area contributed by atoms with Gasteiger partial charge in [0.25, 0.3) is 0 Å². The number of aryl methyl sites for hydroxylation is 3. The van der Waals surface area contributed by atoms with Crippen LogP contribution in [0.4, 0.5) is 0 Å². The van der Waals surface area contributed by atoms with Crippen molar-refractivity contribution in [2.45, 2.75) is 34.3 Å². The van der Waals surface area contributed by atoms with Gasteiger partial charge in [-0.2, -0.15) is 10.1 Å². The fraction of sp³-hybridized carbons (Fsp3) is 0.222. The Kier molecular flexibility index (Phi) is 5.76. The predicted octanol–water partition coefficient (Wildman–Crippen LogP) is 5.98. The average Bonchev–Trinajstić information content (AvgIpc) is 3.38. The van der Waals surface area contributed by atoms with Crippen LogP contribution >= 0.6 is 0 Å². The molecule has 0 aliphatic heterocycles. The number of ether oxygens (including phenoxy) is 2. The molecule has 0 aliphatic rings. The quantitative estimate of drug-likeness (QED) is 0.301. The molecule has 172 valence electrons. The normalized spacial score (nSPS) is 11.2. The topological polar surface area (TPSA) is 75.2 Å². The molecule has 34 heavy (non-hydrogen) atoms. The lowest BCUT2D eigenvalue weighted by atomic mass is 10.2. The van der Waals surface area contributed by atoms with Crippen LogP contribution in [0, 0.1) is 20.8 Å². The Morgan fingerprint density at radius 2 is 1.68 bits per heavy atom. The van der Waals surface area contributed by atoms with Crippen LogP contribution in [0.5, 0.6) is 11.6 Å². The number of hydrogen-bond donors (Lipinski definition) is 0. The Labute approximate surface area is 198 Å². The van der Waals surface area contributed by atoms with Crippen molar-refractivity contribution < 1.29 is 13.9 Å². The number of para-hydroxylation sites is 1. The van der Waals surface area contributed by atoms with Crippen LogP contribution < -0.4 is 9.47 Å². The lowest BCUT2D eigenvalue weighted by Crippen LogP contribution is -2.02. The van der Waals surface area contributed by atoms with E-state index >= 15 is 0 Å². The smallest absolute Gasteiger partial charge is 0.226 e. The van der Waals surface area contributed by atoms with E-state index in [1.807, 2.05) is 93.0 Å². The number of aromatic nitrogens is 4. The zero-order valence-electron chi connectivity index (χ0n) is 19.7. The summed E-state index contributed by atoms with van der Waals surface area (Å²) in [6.45, 7) is 8.78. The van der Waals surface area contributed by atoms with Gasteiger partial charge in [-0.3, -0.25) is 0 Å². The fourth-order valence-corrected chi connectivity index (χ4v) is 3.99. The maximum Gasteiger partial charge on any atom is 0.226 e. The number of benzene rings is 2. The van der Waals surface area contributed by atoms with Crippen LogP contribution in [-0.4, -0.2) is 26.4 Å². The number of oxazole rings is 1. The fourth-order valence-electron chi connectivity index (χ4n) is 3.99. The van der Waals surface area contributed by atoms with Crippen molar-refractivity contribution in [1.29, 1.82) is 0 Å². The highest BCUT2D eigenvalue weighted by Crippen LogP contribution is 2.28. The van der Waals surface area contributed by atoms with Crippen LogP contribution in [0.15, 0.2) is 65.1 Å².